The fourth-order valence-electron chi connectivity index (χ4n) is 2.03. The summed E-state index contributed by atoms with van der Waals surface area (Å²) in [6, 6.07) is 3.48. The van der Waals surface area contributed by atoms with Gasteiger partial charge in [0.15, 0.2) is 0 Å². The van der Waals surface area contributed by atoms with Gasteiger partial charge in [-0.05, 0) is 19.9 Å². The van der Waals surface area contributed by atoms with Crippen LogP contribution in [0, 0.1) is 24.0 Å². The number of phenols is 1. The van der Waals surface area contributed by atoms with Gasteiger partial charge < -0.3 is 10.4 Å². The van der Waals surface area contributed by atoms with Gasteiger partial charge in [-0.25, -0.2) is 0 Å². The number of nitrogens with one attached hydrogen (secondary N) is 1. The molecule has 0 spiro atoms. The molecule has 1 amide bonds. The van der Waals surface area contributed by atoms with E-state index in [2.05, 4.69) is 10.4 Å². The molecule has 0 fully saturated rings. The van der Waals surface area contributed by atoms with E-state index in [1.54, 1.807) is 25.6 Å². The molecule has 0 bridgehead atoms. The molecule has 2 rings (SSSR count). The standard InChI is InChI=1S/C13H14N4O4/c1-7-12(8(2)16(3)15-7)13(19)14-10-5-4-9(17(20)21)6-11(10)18/h4-6,18H,1-3H3,(H,14,19). The number of nitrogens with zero attached hydrogens (tertiary/aromatic N) is 3. The maximum Gasteiger partial charge on any atom is 0.273 e. The molecule has 2 N–H and O–H groups in total. The molecule has 0 aliphatic rings. The Morgan fingerprint density at radius 3 is 2.57 bits per heavy atom. The van der Waals surface area contributed by atoms with Crippen LogP contribution in [0.25, 0.3) is 0 Å². The van der Waals surface area contributed by atoms with Crippen molar-refractivity contribution in [1.82, 2.24) is 9.78 Å². The number of carbonyl (C=O) groups excluding carboxylic acids is 1. The Hall–Kier alpha value is -2.90. The third kappa shape index (κ3) is 2.69. The number of hydrogen-bond acceptors (Lipinski definition) is 5. The van der Waals surface area contributed by atoms with E-state index in [0.29, 0.717) is 17.0 Å². The van der Waals surface area contributed by atoms with Gasteiger partial charge >= 0.3 is 0 Å². The quantitative estimate of drug-likeness (QED) is 0.509. The number of rotatable bonds is 3. The van der Waals surface area contributed by atoms with Crippen LogP contribution in [-0.2, 0) is 7.05 Å². The average molecular weight is 290 g/mol. The second kappa shape index (κ2) is 5.23. The highest BCUT2D eigenvalue weighted by molar-refractivity contribution is 6.06. The van der Waals surface area contributed by atoms with E-state index in [1.807, 2.05) is 0 Å². The average Bonchev–Trinajstić information content (AvgIpc) is 2.65. The summed E-state index contributed by atoms with van der Waals surface area (Å²) in [5, 5.41) is 27.0. The van der Waals surface area contributed by atoms with Gasteiger partial charge in [-0.1, -0.05) is 0 Å². The van der Waals surface area contributed by atoms with E-state index >= 15 is 0 Å². The number of aryl methyl sites for hydroxylation is 2. The van der Waals surface area contributed by atoms with Crippen molar-refractivity contribution in [3.05, 3.63) is 45.3 Å². The van der Waals surface area contributed by atoms with Crippen LogP contribution >= 0.6 is 0 Å². The summed E-state index contributed by atoms with van der Waals surface area (Å²) in [5.74, 6) is -0.793. The van der Waals surface area contributed by atoms with E-state index in [4.69, 9.17) is 0 Å². The summed E-state index contributed by atoms with van der Waals surface area (Å²) in [7, 11) is 1.72. The molecule has 21 heavy (non-hydrogen) atoms. The van der Waals surface area contributed by atoms with E-state index < -0.39 is 10.8 Å². The molecule has 0 atom stereocenters. The zero-order valence-electron chi connectivity index (χ0n) is 11.7. The molecular formula is C13H14N4O4. The second-order valence-electron chi connectivity index (χ2n) is 4.58. The van der Waals surface area contributed by atoms with Gasteiger partial charge in [-0.15, -0.1) is 0 Å². The number of phenolic OH excluding ortho intramolecular Hbond substituents is 1. The van der Waals surface area contributed by atoms with Gasteiger partial charge in [0.1, 0.15) is 5.75 Å². The van der Waals surface area contributed by atoms with Crippen molar-refractivity contribution in [2.24, 2.45) is 7.05 Å². The van der Waals surface area contributed by atoms with Gasteiger partial charge in [0, 0.05) is 18.8 Å². The Balaban J connectivity index is 2.30. The van der Waals surface area contributed by atoms with Crippen LogP contribution < -0.4 is 5.32 Å². The van der Waals surface area contributed by atoms with Gasteiger partial charge in [0.2, 0.25) is 0 Å². The summed E-state index contributed by atoms with van der Waals surface area (Å²) < 4.78 is 1.58. The summed E-state index contributed by atoms with van der Waals surface area (Å²) in [5.41, 5.74) is 1.52. The van der Waals surface area contributed by atoms with Crippen LogP contribution in [0.2, 0.25) is 0 Å². The van der Waals surface area contributed by atoms with E-state index in [9.17, 15) is 20.0 Å². The van der Waals surface area contributed by atoms with Crippen molar-refractivity contribution < 1.29 is 14.8 Å². The second-order valence-corrected chi connectivity index (χ2v) is 4.58. The predicted molar refractivity (Wildman–Crippen MR) is 75.4 cm³/mol. The molecule has 1 aromatic carbocycles. The number of non-ortho nitro benzene ring substituents is 1. The molecular weight excluding hydrogens is 276 g/mol. The lowest BCUT2D eigenvalue weighted by atomic mass is 10.1. The van der Waals surface area contributed by atoms with Crippen LogP contribution in [0.5, 0.6) is 5.75 Å². The third-order valence-corrected chi connectivity index (χ3v) is 3.18. The van der Waals surface area contributed by atoms with Crippen molar-refractivity contribution in [3.63, 3.8) is 0 Å². The van der Waals surface area contributed by atoms with Crippen molar-refractivity contribution >= 4 is 17.3 Å². The fourth-order valence-corrected chi connectivity index (χ4v) is 2.03. The van der Waals surface area contributed by atoms with E-state index in [0.717, 1.165) is 6.07 Å². The predicted octanol–water partition coefficient (Wildman–Crippen LogP) is 1.90. The molecule has 0 radical (unpaired) electrons. The summed E-state index contributed by atoms with van der Waals surface area (Å²) in [6.07, 6.45) is 0. The lowest BCUT2D eigenvalue weighted by Gasteiger charge is -2.07. The topological polar surface area (TPSA) is 110 Å². The van der Waals surface area contributed by atoms with Gasteiger partial charge in [-0.2, -0.15) is 5.10 Å². The number of anilines is 1. The molecule has 2 aromatic rings. The molecule has 0 aliphatic carbocycles. The molecule has 1 aromatic heterocycles. The number of carbonyl (C=O) groups is 1. The van der Waals surface area contributed by atoms with Crippen LogP contribution in [0.3, 0.4) is 0 Å². The largest absolute Gasteiger partial charge is 0.506 e. The summed E-state index contributed by atoms with van der Waals surface area (Å²) in [4.78, 5) is 22.2. The Bertz CT molecular complexity index is 736. The number of amides is 1. The zero-order chi connectivity index (χ0) is 15.7. The van der Waals surface area contributed by atoms with Gasteiger partial charge in [0.05, 0.1) is 27.9 Å². The minimum absolute atomic E-state index is 0.105. The van der Waals surface area contributed by atoms with E-state index in [-0.39, 0.29) is 17.1 Å². The van der Waals surface area contributed by atoms with Crippen molar-refractivity contribution in [1.29, 1.82) is 0 Å². The first-order valence-corrected chi connectivity index (χ1v) is 6.10. The minimum Gasteiger partial charge on any atom is -0.506 e. The van der Waals surface area contributed by atoms with Crippen molar-refractivity contribution in [2.75, 3.05) is 5.32 Å². The van der Waals surface area contributed by atoms with Gasteiger partial charge in [-0.3, -0.25) is 19.6 Å². The molecule has 8 nitrogen and oxygen atoms in total. The first-order valence-electron chi connectivity index (χ1n) is 6.10. The first-order chi connectivity index (χ1) is 9.81. The van der Waals surface area contributed by atoms with Crippen molar-refractivity contribution in [3.8, 4) is 5.75 Å². The van der Waals surface area contributed by atoms with Crippen LogP contribution in [0.1, 0.15) is 21.7 Å². The van der Waals surface area contributed by atoms with E-state index in [1.165, 1.54) is 12.1 Å². The maximum absolute atomic E-state index is 12.2. The van der Waals surface area contributed by atoms with Crippen LogP contribution in [0.4, 0.5) is 11.4 Å². The number of nitro groups is 1. The van der Waals surface area contributed by atoms with Gasteiger partial charge in [0.25, 0.3) is 11.6 Å². The molecule has 0 aliphatic heterocycles. The Labute approximate surface area is 120 Å². The number of hydrogen-bond donors (Lipinski definition) is 2. The highest BCUT2D eigenvalue weighted by Crippen LogP contribution is 2.28. The summed E-state index contributed by atoms with van der Waals surface area (Å²) >= 11 is 0. The molecule has 8 heteroatoms. The molecule has 0 saturated heterocycles. The SMILES string of the molecule is Cc1nn(C)c(C)c1C(=O)Nc1ccc([N+](=O)[O-])cc1O. The summed E-state index contributed by atoms with van der Waals surface area (Å²) in [6.45, 7) is 3.46. The third-order valence-electron chi connectivity index (χ3n) is 3.18. The lowest BCUT2D eigenvalue weighted by Crippen LogP contribution is -2.14. The van der Waals surface area contributed by atoms with Crippen LogP contribution in [-0.4, -0.2) is 25.7 Å². The fraction of sp³-hybridized carbons (Fsp3) is 0.231. The number of aromatic hydroxyl groups is 1. The smallest absolute Gasteiger partial charge is 0.273 e. The normalized spacial score (nSPS) is 10.4. The monoisotopic (exact) mass is 290 g/mol. The molecule has 110 valence electrons. The van der Waals surface area contributed by atoms with Crippen molar-refractivity contribution in [2.45, 2.75) is 13.8 Å². The highest BCUT2D eigenvalue weighted by Gasteiger charge is 2.19. The Morgan fingerprint density at radius 2 is 2.10 bits per heavy atom. The number of nitro benzene ring substituents is 1. The highest BCUT2D eigenvalue weighted by atomic mass is 16.6. The van der Waals surface area contributed by atoms with Crippen LogP contribution in [0.15, 0.2) is 18.2 Å². The number of aromatic nitrogens is 2. The molecule has 0 saturated carbocycles. The Kier molecular flexibility index (Phi) is 3.62. The lowest BCUT2D eigenvalue weighted by molar-refractivity contribution is -0.384. The molecule has 0 unspecified atom stereocenters. The minimum atomic E-state index is -0.624. The number of benzene rings is 1. The first kappa shape index (κ1) is 14.5. The maximum atomic E-state index is 12.2. The zero-order valence-corrected chi connectivity index (χ0v) is 11.7. The Morgan fingerprint density at radius 1 is 1.43 bits per heavy atom. The molecule has 1 heterocycles.